The van der Waals surface area contributed by atoms with Crippen LogP contribution in [0.15, 0.2) is 74.1 Å². The number of rotatable bonds is 4. The smallest absolute Gasteiger partial charge is 0.0774 e. The summed E-state index contributed by atoms with van der Waals surface area (Å²) in [6.07, 6.45) is 7.24. The summed E-state index contributed by atoms with van der Waals surface area (Å²) in [5, 5.41) is 0. The van der Waals surface area contributed by atoms with Crippen LogP contribution in [0.5, 0.6) is 0 Å². The van der Waals surface area contributed by atoms with Crippen LogP contribution >= 0.6 is 0 Å². The highest BCUT2D eigenvalue weighted by atomic mass is 14.7. The summed E-state index contributed by atoms with van der Waals surface area (Å²) in [4.78, 5) is 8.91. The number of aromatic nitrogens is 2. The lowest BCUT2D eigenvalue weighted by Crippen LogP contribution is -1.89. The first-order valence-electron chi connectivity index (χ1n) is 7.09. The van der Waals surface area contributed by atoms with Gasteiger partial charge in [0.1, 0.15) is 0 Å². The van der Waals surface area contributed by atoms with Crippen molar-refractivity contribution in [2.75, 3.05) is 0 Å². The van der Waals surface area contributed by atoms with E-state index in [0.29, 0.717) is 0 Å². The predicted octanol–water partition coefficient (Wildman–Crippen LogP) is 5.10. The first-order valence-corrected chi connectivity index (χ1v) is 7.09. The Morgan fingerprint density at radius 1 is 0.636 bits per heavy atom. The Labute approximate surface area is 130 Å². The summed E-state index contributed by atoms with van der Waals surface area (Å²) in [5.74, 6) is 0. The molecule has 3 aromatic rings. The maximum absolute atomic E-state index is 4.45. The van der Waals surface area contributed by atoms with Crippen LogP contribution in [0.3, 0.4) is 0 Å². The normalized spacial score (nSPS) is 10.2. The van der Waals surface area contributed by atoms with Gasteiger partial charge in [-0.3, -0.25) is 9.97 Å². The zero-order valence-corrected chi connectivity index (χ0v) is 12.2. The van der Waals surface area contributed by atoms with Gasteiger partial charge in [-0.1, -0.05) is 61.7 Å². The van der Waals surface area contributed by atoms with Gasteiger partial charge in [-0.15, -0.1) is 0 Å². The highest BCUT2D eigenvalue weighted by Crippen LogP contribution is 2.27. The molecule has 0 atom stereocenters. The maximum atomic E-state index is 4.45. The van der Waals surface area contributed by atoms with Crippen molar-refractivity contribution < 1.29 is 0 Å². The van der Waals surface area contributed by atoms with Gasteiger partial charge in [-0.2, -0.15) is 0 Å². The van der Waals surface area contributed by atoms with E-state index in [1.54, 1.807) is 12.4 Å². The Balaban J connectivity index is 2.03. The Morgan fingerprint density at radius 2 is 1.05 bits per heavy atom. The van der Waals surface area contributed by atoms with Gasteiger partial charge in [0.05, 0.1) is 11.4 Å². The molecule has 3 rings (SSSR count). The third-order valence-corrected chi connectivity index (χ3v) is 3.55. The molecule has 106 valence electrons. The number of hydrogen-bond donors (Lipinski definition) is 0. The fourth-order valence-electron chi connectivity index (χ4n) is 2.43. The van der Waals surface area contributed by atoms with Crippen LogP contribution in [-0.2, 0) is 0 Å². The van der Waals surface area contributed by atoms with Crippen molar-refractivity contribution in [1.82, 2.24) is 9.97 Å². The molecule has 0 radical (unpaired) electrons. The van der Waals surface area contributed by atoms with Gasteiger partial charge in [0.15, 0.2) is 0 Å². The Morgan fingerprint density at radius 3 is 1.41 bits per heavy atom. The Hall–Kier alpha value is -3.00. The quantitative estimate of drug-likeness (QED) is 0.666. The van der Waals surface area contributed by atoms with Gasteiger partial charge < -0.3 is 0 Å². The zero-order chi connectivity index (χ0) is 15.4. The molecule has 0 spiro atoms. The molecule has 2 heterocycles. The second-order valence-electron chi connectivity index (χ2n) is 4.87. The second-order valence-corrected chi connectivity index (χ2v) is 4.87. The van der Waals surface area contributed by atoms with Crippen LogP contribution in [0.2, 0.25) is 0 Å². The van der Waals surface area contributed by atoms with Crippen molar-refractivity contribution in [1.29, 1.82) is 0 Å². The highest BCUT2D eigenvalue weighted by Gasteiger charge is 2.07. The van der Waals surface area contributed by atoms with Gasteiger partial charge in [-0.05, 0) is 12.1 Å². The standard InChI is InChI=1S/C20H16N2/c1-3-15-7-5-13-21-19(15)17-9-11-18(12-10-17)20-16(4-2)8-6-14-22-20/h3-14H,1-2H2. The molecular weight excluding hydrogens is 268 g/mol. The first kappa shape index (κ1) is 14.0. The fraction of sp³-hybridized carbons (Fsp3) is 0. The van der Waals surface area contributed by atoms with Gasteiger partial charge in [0.25, 0.3) is 0 Å². The van der Waals surface area contributed by atoms with Crippen molar-refractivity contribution in [3.05, 3.63) is 85.2 Å². The summed E-state index contributed by atoms with van der Waals surface area (Å²) in [5.41, 5.74) is 6.06. The molecule has 2 aromatic heterocycles. The number of hydrogen-bond acceptors (Lipinski definition) is 2. The molecule has 22 heavy (non-hydrogen) atoms. The van der Waals surface area contributed by atoms with E-state index >= 15 is 0 Å². The van der Waals surface area contributed by atoms with E-state index in [2.05, 4.69) is 47.4 Å². The molecule has 0 aliphatic rings. The third-order valence-electron chi connectivity index (χ3n) is 3.55. The lowest BCUT2D eigenvalue weighted by molar-refractivity contribution is 1.30. The van der Waals surface area contributed by atoms with E-state index in [1.165, 1.54) is 0 Å². The van der Waals surface area contributed by atoms with Crippen LogP contribution in [-0.4, -0.2) is 9.97 Å². The van der Waals surface area contributed by atoms with Gasteiger partial charge in [-0.25, -0.2) is 0 Å². The fourth-order valence-corrected chi connectivity index (χ4v) is 2.43. The topological polar surface area (TPSA) is 25.8 Å². The van der Waals surface area contributed by atoms with E-state index in [-0.39, 0.29) is 0 Å². The van der Waals surface area contributed by atoms with Crippen molar-refractivity contribution >= 4 is 12.2 Å². The number of pyridine rings is 2. The molecule has 0 unspecified atom stereocenters. The highest BCUT2D eigenvalue weighted by molar-refractivity contribution is 5.76. The van der Waals surface area contributed by atoms with Crippen molar-refractivity contribution in [3.8, 4) is 22.5 Å². The Kier molecular flexibility index (Phi) is 3.92. The summed E-state index contributed by atoms with van der Waals surface area (Å²) >= 11 is 0. The number of benzene rings is 1. The van der Waals surface area contributed by atoms with E-state index in [0.717, 1.165) is 33.6 Å². The average Bonchev–Trinajstić information content (AvgIpc) is 2.62. The molecule has 1 aromatic carbocycles. The first-order chi connectivity index (χ1) is 10.8. The summed E-state index contributed by atoms with van der Waals surface area (Å²) < 4.78 is 0. The molecule has 0 saturated carbocycles. The molecule has 0 saturated heterocycles. The van der Waals surface area contributed by atoms with Crippen LogP contribution < -0.4 is 0 Å². The lowest BCUT2D eigenvalue weighted by Gasteiger charge is -2.08. The van der Waals surface area contributed by atoms with Crippen LogP contribution in [0.1, 0.15) is 11.1 Å². The molecule has 0 aliphatic heterocycles. The van der Waals surface area contributed by atoms with Gasteiger partial charge in [0, 0.05) is 34.6 Å². The van der Waals surface area contributed by atoms with Crippen molar-refractivity contribution in [2.24, 2.45) is 0 Å². The largest absolute Gasteiger partial charge is 0.256 e. The minimum atomic E-state index is 0.939. The molecule has 0 amide bonds. The van der Waals surface area contributed by atoms with Crippen LogP contribution in [0, 0.1) is 0 Å². The second kappa shape index (κ2) is 6.19. The molecule has 2 heteroatoms. The Bertz CT molecular complexity index is 747. The minimum absolute atomic E-state index is 0.939. The monoisotopic (exact) mass is 284 g/mol. The molecule has 0 fully saturated rings. The van der Waals surface area contributed by atoms with E-state index in [4.69, 9.17) is 0 Å². The molecule has 0 N–H and O–H groups in total. The van der Waals surface area contributed by atoms with Gasteiger partial charge >= 0.3 is 0 Å². The van der Waals surface area contributed by atoms with E-state index in [9.17, 15) is 0 Å². The zero-order valence-electron chi connectivity index (χ0n) is 12.2. The van der Waals surface area contributed by atoms with Gasteiger partial charge in [0.2, 0.25) is 0 Å². The molecule has 0 bridgehead atoms. The van der Waals surface area contributed by atoms with Crippen LogP contribution in [0.4, 0.5) is 0 Å². The SMILES string of the molecule is C=Cc1cccnc1-c1ccc(-c2ncccc2C=C)cc1. The van der Waals surface area contributed by atoms with E-state index < -0.39 is 0 Å². The maximum Gasteiger partial charge on any atom is 0.0774 e. The number of nitrogens with zero attached hydrogens (tertiary/aromatic N) is 2. The van der Waals surface area contributed by atoms with E-state index in [1.807, 2.05) is 36.4 Å². The van der Waals surface area contributed by atoms with Crippen molar-refractivity contribution in [3.63, 3.8) is 0 Å². The lowest BCUT2D eigenvalue weighted by atomic mass is 10.0. The molecule has 0 aliphatic carbocycles. The molecule has 2 nitrogen and oxygen atoms in total. The predicted molar refractivity (Wildman–Crippen MR) is 93.1 cm³/mol. The third kappa shape index (κ3) is 2.59. The summed E-state index contributed by atoms with van der Waals surface area (Å²) in [6.45, 7) is 7.69. The minimum Gasteiger partial charge on any atom is -0.256 e. The summed E-state index contributed by atoms with van der Waals surface area (Å²) in [6, 6.07) is 16.1. The summed E-state index contributed by atoms with van der Waals surface area (Å²) in [7, 11) is 0. The van der Waals surface area contributed by atoms with Crippen LogP contribution in [0.25, 0.3) is 34.7 Å². The van der Waals surface area contributed by atoms with Crippen molar-refractivity contribution in [2.45, 2.75) is 0 Å². The average molecular weight is 284 g/mol. The molecular formula is C20H16N2.